The summed E-state index contributed by atoms with van der Waals surface area (Å²) in [5.41, 5.74) is 18.7. The molecule has 0 spiro atoms. The highest BCUT2D eigenvalue weighted by Crippen LogP contribution is 2.47. The van der Waals surface area contributed by atoms with Crippen molar-refractivity contribution < 1.29 is 4.79 Å². The van der Waals surface area contributed by atoms with Crippen LogP contribution in [0.5, 0.6) is 0 Å². The fraction of sp³-hybridized carbons (Fsp3) is 0.442. The molecule has 0 fully saturated rings. The number of rotatable bonds is 1. The molecule has 4 aromatic heterocycles. The Labute approximate surface area is 318 Å². The maximum atomic E-state index is 12.8. The van der Waals surface area contributed by atoms with Crippen LogP contribution in [-0.4, -0.2) is 54.9 Å². The van der Waals surface area contributed by atoms with Crippen LogP contribution in [0.3, 0.4) is 0 Å². The molecule has 2 aliphatic carbocycles. The molecule has 6 heterocycles. The summed E-state index contributed by atoms with van der Waals surface area (Å²) in [7, 11) is 2.09. The number of nitrogens with zero attached hydrogens (tertiary/aromatic N) is 4. The number of amides is 1. The van der Waals surface area contributed by atoms with Crippen LogP contribution in [0, 0.1) is 13.8 Å². The van der Waals surface area contributed by atoms with Crippen molar-refractivity contribution in [1.82, 2.24) is 30.4 Å². The number of benzene rings is 2. The van der Waals surface area contributed by atoms with Gasteiger partial charge in [-0.2, -0.15) is 10.2 Å². The zero-order chi connectivity index (χ0) is 35.7. The number of aryl methyl sites for hydroxylation is 4. The number of thiocarbonyl (C=S) groups is 1. The van der Waals surface area contributed by atoms with Gasteiger partial charge in [0, 0.05) is 74.7 Å². The molecule has 278 valence electrons. The number of nitrogens with one attached hydrogen (secondary N) is 4. The van der Waals surface area contributed by atoms with Crippen LogP contribution in [-0.2, 0) is 41.3 Å². The highest BCUT2D eigenvalue weighted by Gasteiger charge is 2.44. The second kappa shape index (κ2) is 12.4. The number of aromatic nitrogens is 6. The number of hydrogen-bond acceptors (Lipinski definition) is 4. The number of hydrogen-bond donors (Lipinski definition) is 4. The Hall–Kier alpha value is -4.70. The standard InChI is InChI=1S/C21H24N4O.C20H22N4S.2CH4/c1-5-25-17-9-14-13-8-6-7-12-11(2)23-24-19(12)18(13)22-16(14)10-15(17)21(3,4)20(25)26;1-10-11-6-5-7-12-13-8-16-14(20(2,3)19(25)24(16)4)9-15(13)21-17(12)18(11)23-22-10;;/h9-10,22H,5-8H2,1-4H3,(H,23,24);8-9,21H,5-7H2,1-4H3,(H,22,23);2*1H4. The second-order valence-corrected chi connectivity index (χ2v) is 16.4. The third-order valence-corrected chi connectivity index (χ3v) is 13.1. The summed E-state index contributed by atoms with van der Waals surface area (Å²) in [5.74, 6) is 0.193. The normalized spacial score (nSPS) is 17.4. The van der Waals surface area contributed by atoms with E-state index in [1.807, 2.05) is 25.7 Å². The Morgan fingerprint density at radius 3 is 1.66 bits per heavy atom. The third-order valence-electron chi connectivity index (χ3n) is 12.3. The number of H-pyrrole nitrogens is 4. The highest BCUT2D eigenvalue weighted by atomic mass is 32.1. The molecule has 53 heavy (non-hydrogen) atoms. The first-order valence-electron chi connectivity index (χ1n) is 18.4. The largest absolute Gasteiger partial charge is 0.353 e. The first kappa shape index (κ1) is 36.6. The molecule has 9 nitrogen and oxygen atoms in total. The molecule has 1 amide bonds. The smallest absolute Gasteiger partial charge is 0.237 e. The Balaban J connectivity index is 0.000000158. The molecule has 4 N–H and O–H groups in total. The highest BCUT2D eigenvalue weighted by molar-refractivity contribution is 7.80. The molecule has 0 atom stereocenters. The van der Waals surface area contributed by atoms with E-state index in [0.29, 0.717) is 6.54 Å². The molecule has 0 saturated heterocycles. The van der Waals surface area contributed by atoms with Gasteiger partial charge < -0.3 is 19.8 Å². The molecule has 4 aliphatic rings. The molecule has 2 aliphatic heterocycles. The SMILES string of the molecule is C.C.CCN1C(=O)C(C)(C)c2cc3[nH]c4c(c3cc21)CCCc1c-4n[nH]c1C.Cc1[nH]nc2c1CCCc1c-2[nH]c2cc3c(cc12)N(C)C(=S)C3(C)C. The maximum absolute atomic E-state index is 12.8. The molecule has 6 aromatic rings. The van der Waals surface area contributed by atoms with Gasteiger partial charge in [-0.15, -0.1) is 0 Å². The van der Waals surface area contributed by atoms with Gasteiger partial charge >= 0.3 is 0 Å². The van der Waals surface area contributed by atoms with Crippen molar-refractivity contribution in [2.45, 2.75) is 113 Å². The first-order chi connectivity index (χ1) is 24.3. The minimum atomic E-state index is -0.476. The van der Waals surface area contributed by atoms with E-state index in [9.17, 15) is 4.79 Å². The minimum absolute atomic E-state index is 0. The first-order valence-corrected chi connectivity index (χ1v) is 18.8. The van der Waals surface area contributed by atoms with Gasteiger partial charge in [0.05, 0.1) is 21.8 Å². The van der Waals surface area contributed by atoms with Gasteiger partial charge in [0.1, 0.15) is 11.4 Å². The number of fused-ring (bicyclic) bond motifs is 12. The average molecular weight is 731 g/mol. The van der Waals surface area contributed by atoms with Crippen molar-refractivity contribution in [1.29, 1.82) is 0 Å². The number of likely N-dealkylation sites (N-methyl/N-ethyl adjacent to an activating group) is 2. The fourth-order valence-corrected chi connectivity index (χ4v) is 9.54. The van der Waals surface area contributed by atoms with Gasteiger partial charge in [-0.25, -0.2) is 0 Å². The van der Waals surface area contributed by atoms with E-state index in [0.717, 1.165) is 83.1 Å². The van der Waals surface area contributed by atoms with E-state index in [2.05, 4.69) is 94.3 Å². The molecule has 0 unspecified atom stereocenters. The lowest BCUT2D eigenvalue weighted by Gasteiger charge is -2.20. The van der Waals surface area contributed by atoms with Gasteiger partial charge in [0.15, 0.2) is 0 Å². The minimum Gasteiger partial charge on any atom is -0.353 e. The van der Waals surface area contributed by atoms with E-state index in [4.69, 9.17) is 12.2 Å². The summed E-state index contributed by atoms with van der Waals surface area (Å²) in [6.45, 7) is 15.4. The van der Waals surface area contributed by atoms with E-state index in [1.165, 1.54) is 61.2 Å². The zero-order valence-electron chi connectivity index (χ0n) is 30.9. The average Bonchev–Trinajstić information content (AvgIpc) is 3.86. The zero-order valence-corrected chi connectivity index (χ0v) is 31.7. The van der Waals surface area contributed by atoms with E-state index >= 15 is 0 Å². The van der Waals surface area contributed by atoms with E-state index in [-0.39, 0.29) is 26.2 Å². The summed E-state index contributed by atoms with van der Waals surface area (Å²) >= 11 is 5.69. The van der Waals surface area contributed by atoms with Gasteiger partial charge in [0.25, 0.3) is 0 Å². The lowest BCUT2D eigenvalue weighted by molar-refractivity contribution is -0.122. The summed E-state index contributed by atoms with van der Waals surface area (Å²) < 4.78 is 0. The molecule has 10 rings (SSSR count). The van der Waals surface area contributed by atoms with Crippen LogP contribution < -0.4 is 9.80 Å². The van der Waals surface area contributed by atoms with Crippen LogP contribution in [0.1, 0.15) is 107 Å². The van der Waals surface area contributed by atoms with E-state index < -0.39 is 5.41 Å². The Morgan fingerprint density at radius 2 is 1.17 bits per heavy atom. The van der Waals surface area contributed by atoms with Gasteiger partial charge in [-0.05, 0) is 134 Å². The van der Waals surface area contributed by atoms with Crippen molar-refractivity contribution in [2.24, 2.45) is 0 Å². The second-order valence-electron chi connectivity index (χ2n) is 16.0. The van der Waals surface area contributed by atoms with Gasteiger partial charge in [-0.1, -0.05) is 27.1 Å². The topological polar surface area (TPSA) is 112 Å². The molecular weight excluding hydrogens is 677 g/mol. The van der Waals surface area contributed by atoms with Crippen LogP contribution >= 0.6 is 12.2 Å². The molecule has 0 saturated carbocycles. The lowest BCUT2D eigenvalue weighted by Crippen LogP contribution is -2.35. The van der Waals surface area contributed by atoms with Crippen LogP contribution in [0.4, 0.5) is 11.4 Å². The quantitative estimate of drug-likeness (QED) is 0.126. The third kappa shape index (κ3) is 5.00. The maximum Gasteiger partial charge on any atom is 0.237 e. The summed E-state index contributed by atoms with van der Waals surface area (Å²) in [6, 6.07) is 9.03. The number of carbonyl (C=O) groups excluding carboxylic acids is 1. The summed E-state index contributed by atoms with van der Waals surface area (Å²) in [6.07, 6.45) is 6.54. The van der Waals surface area contributed by atoms with Crippen molar-refractivity contribution in [3.8, 4) is 22.8 Å². The monoisotopic (exact) mass is 730 g/mol. The summed E-state index contributed by atoms with van der Waals surface area (Å²) in [5, 5.41) is 18.0. The van der Waals surface area contributed by atoms with Crippen LogP contribution in [0.15, 0.2) is 24.3 Å². The van der Waals surface area contributed by atoms with Crippen molar-refractivity contribution in [3.63, 3.8) is 0 Å². The Bertz CT molecular complexity index is 2470. The number of anilines is 2. The summed E-state index contributed by atoms with van der Waals surface area (Å²) in [4.78, 5) is 25.2. The number of carbonyl (C=O) groups is 1. The van der Waals surface area contributed by atoms with Crippen LogP contribution in [0.2, 0.25) is 0 Å². The fourth-order valence-electron chi connectivity index (χ4n) is 9.33. The molecule has 10 heteroatoms. The lowest BCUT2D eigenvalue weighted by atomic mass is 9.85. The van der Waals surface area contributed by atoms with Crippen molar-refractivity contribution >= 4 is 56.3 Å². The Morgan fingerprint density at radius 1 is 0.717 bits per heavy atom. The van der Waals surface area contributed by atoms with Crippen LogP contribution in [0.25, 0.3) is 44.6 Å². The Kier molecular flexibility index (Phi) is 8.60. The van der Waals surface area contributed by atoms with Crippen molar-refractivity contribution in [3.05, 3.63) is 69.0 Å². The van der Waals surface area contributed by atoms with Gasteiger partial charge in [-0.3, -0.25) is 15.0 Å². The molecule has 2 aromatic carbocycles. The predicted molar refractivity (Wildman–Crippen MR) is 224 cm³/mol. The predicted octanol–water partition coefficient (Wildman–Crippen LogP) is 9.68. The van der Waals surface area contributed by atoms with Crippen molar-refractivity contribution in [2.75, 3.05) is 23.4 Å². The molecular formula is C43H54N8OS. The number of aromatic amines is 4. The molecule has 0 bridgehead atoms. The van der Waals surface area contributed by atoms with Gasteiger partial charge in [0.2, 0.25) is 5.91 Å². The molecule has 0 radical (unpaired) electrons. The van der Waals surface area contributed by atoms with E-state index in [1.54, 1.807) is 0 Å².